The summed E-state index contributed by atoms with van der Waals surface area (Å²) in [5.74, 6) is -0.455. The first-order chi connectivity index (χ1) is 20.5. The molecule has 2 aromatic carbocycles. The van der Waals surface area contributed by atoms with Gasteiger partial charge in [-0.15, -0.1) is 0 Å². The molecular formula is C34H43FN4O2S. The van der Waals surface area contributed by atoms with Crippen LogP contribution in [0.2, 0.25) is 0 Å². The zero-order valence-corrected chi connectivity index (χ0v) is 25.5. The third-order valence-corrected chi connectivity index (χ3v) is 10.2. The topological polar surface area (TPSA) is 58.4 Å². The summed E-state index contributed by atoms with van der Waals surface area (Å²) < 4.78 is 43.3. The van der Waals surface area contributed by atoms with Crippen molar-refractivity contribution in [3.63, 3.8) is 0 Å². The van der Waals surface area contributed by atoms with Crippen LogP contribution in [-0.2, 0) is 23.1 Å². The summed E-state index contributed by atoms with van der Waals surface area (Å²) >= 11 is 0. The first kappa shape index (κ1) is 30.4. The number of para-hydroxylation sites is 1. The van der Waals surface area contributed by atoms with Gasteiger partial charge in [-0.05, 0) is 81.6 Å². The van der Waals surface area contributed by atoms with Gasteiger partial charge in [-0.1, -0.05) is 68.7 Å². The minimum absolute atomic E-state index is 0.251. The van der Waals surface area contributed by atoms with E-state index in [2.05, 4.69) is 21.7 Å². The second-order valence-corrected chi connectivity index (χ2v) is 13.3. The number of benzene rings is 2. The predicted molar refractivity (Wildman–Crippen MR) is 167 cm³/mol. The smallest absolute Gasteiger partial charge is 0.268 e. The molecule has 1 saturated carbocycles. The Bertz CT molecular complexity index is 1530. The van der Waals surface area contributed by atoms with Crippen molar-refractivity contribution in [1.29, 1.82) is 0 Å². The molecule has 0 amide bonds. The highest BCUT2D eigenvalue weighted by Gasteiger charge is 2.24. The van der Waals surface area contributed by atoms with E-state index in [1.807, 2.05) is 30.3 Å². The van der Waals surface area contributed by atoms with E-state index >= 15 is 0 Å². The van der Waals surface area contributed by atoms with Gasteiger partial charge >= 0.3 is 0 Å². The average Bonchev–Trinajstić information content (AvgIpc) is 3.68. The lowest BCUT2D eigenvalue weighted by Gasteiger charge is -2.29. The van der Waals surface area contributed by atoms with Crippen molar-refractivity contribution in [2.24, 2.45) is 0 Å². The van der Waals surface area contributed by atoms with Crippen LogP contribution in [0, 0.1) is 5.95 Å². The molecule has 4 aromatic rings. The molecule has 224 valence electrons. The summed E-state index contributed by atoms with van der Waals surface area (Å²) in [4.78, 5) is 9.05. The molecule has 1 fully saturated rings. The summed E-state index contributed by atoms with van der Waals surface area (Å²) in [6.07, 6.45) is 13.0. The molecule has 0 unspecified atom stereocenters. The molecule has 5 rings (SSSR count). The Morgan fingerprint density at radius 3 is 2.31 bits per heavy atom. The summed E-state index contributed by atoms with van der Waals surface area (Å²) in [7, 11) is -3.77. The van der Waals surface area contributed by atoms with Gasteiger partial charge in [0.1, 0.15) is 0 Å². The molecule has 42 heavy (non-hydrogen) atoms. The van der Waals surface area contributed by atoms with E-state index in [0.717, 1.165) is 42.9 Å². The molecule has 0 N–H and O–H groups in total. The van der Waals surface area contributed by atoms with Crippen molar-refractivity contribution < 1.29 is 12.8 Å². The van der Waals surface area contributed by atoms with E-state index in [1.54, 1.807) is 42.6 Å². The molecule has 2 aromatic heterocycles. The van der Waals surface area contributed by atoms with Crippen molar-refractivity contribution in [1.82, 2.24) is 18.8 Å². The second kappa shape index (κ2) is 14.4. The van der Waals surface area contributed by atoms with Crippen LogP contribution in [0.15, 0.2) is 84.0 Å². The Morgan fingerprint density at radius 1 is 0.857 bits per heavy atom. The zero-order chi connectivity index (χ0) is 29.4. The average molecular weight is 591 g/mol. The van der Waals surface area contributed by atoms with Gasteiger partial charge in [0.05, 0.1) is 10.4 Å². The first-order valence-electron chi connectivity index (χ1n) is 15.4. The molecule has 0 radical (unpaired) electrons. The summed E-state index contributed by atoms with van der Waals surface area (Å²) in [6.45, 7) is 6.21. The van der Waals surface area contributed by atoms with Crippen LogP contribution in [0.3, 0.4) is 0 Å². The van der Waals surface area contributed by atoms with E-state index in [0.29, 0.717) is 24.2 Å². The van der Waals surface area contributed by atoms with Crippen molar-refractivity contribution in [3.05, 3.63) is 96.2 Å². The van der Waals surface area contributed by atoms with Crippen LogP contribution in [0.5, 0.6) is 0 Å². The van der Waals surface area contributed by atoms with Crippen LogP contribution in [0.4, 0.5) is 4.39 Å². The Labute approximate surface area is 250 Å². The summed E-state index contributed by atoms with van der Waals surface area (Å²) in [6, 6.07) is 20.4. The molecule has 0 spiro atoms. The van der Waals surface area contributed by atoms with Crippen LogP contribution in [0.1, 0.15) is 69.4 Å². The fourth-order valence-electron chi connectivity index (χ4n) is 6.24. The second-order valence-electron chi connectivity index (χ2n) is 11.5. The van der Waals surface area contributed by atoms with Crippen LogP contribution >= 0.6 is 0 Å². The number of unbranched alkanes of at least 4 members (excludes halogenated alkanes) is 2. The van der Waals surface area contributed by atoms with Crippen molar-refractivity contribution in [2.45, 2.75) is 82.3 Å². The number of halogens is 1. The lowest BCUT2D eigenvalue weighted by Crippen LogP contribution is -2.35. The number of aromatic nitrogens is 2. The minimum atomic E-state index is -3.77. The molecule has 2 heterocycles. The number of hydrogen-bond acceptors (Lipinski definition) is 5. The van der Waals surface area contributed by atoms with Gasteiger partial charge in [0.15, 0.2) is 0 Å². The monoisotopic (exact) mass is 590 g/mol. The van der Waals surface area contributed by atoms with Crippen molar-refractivity contribution in [3.8, 4) is 0 Å². The first-order valence-corrected chi connectivity index (χ1v) is 16.9. The molecule has 1 aliphatic rings. The lowest BCUT2D eigenvalue weighted by molar-refractivity contribution is 0.183. The zero-order valence-electron chi connectivity index (χ0n) is 24.7. The molecular weight excluding hydrogens is 547 g/mol. The van der Waals surface area contributed by atoms with Crippen molar-refractivity contribution in [2.75, 3.05) is 19.6 Å². The van der Waals surface area contributed by atoms with Gasteiger partial charge in [-0.25, -0.2) is 17.4 Å². The fraction of sp³-hybridized carbons (Fsp3) is 0.441. The highest BCUT2D eigenvalue weighted by Crippen LogP contribution is 2.28. The maximum Gasteiger partial charge on any atom is 0.268 e. The van der Waals surface area contributed by atoms with Gasteiger partial charge in [0.2, 0.25) is 5.95 Å². The number of rotatable bonds is 15. The van der Waals surface area contributed by atoms with Gasteiger partial charge in [-0.2, -0.15) is 4.39 Å². The summed E-state index contributed by atoms with van der Waals surface area (Å²) in [5, 5.41) is 0.889. The van der Waals surface area contributed by atoms with Crippen molar-refractivity contribution >= 4 is 20.9 Å². The SMILES string of the molecule is CCCCN(CCCCN(Cc1cccnc1F)Cc1cn(S(=O)(=O)c2ccccc2)c2ccccc12)C1CCCC1. The molecule has 0 saturated heterocycles. The molecule has 0 bridgehead atoms. The maximum absolute atomic E-state index is 14.6. The minimum Gasteiger partial charge on any atom is -0.300 e. The van der Waals surface area contributed by atoms with E-state index in [4.69, 9.17) is 0 Å². The Kier molecular flexibility index (Phi) is 10.4. The number of fused-ring (bicyclic) bond motifs is 1. The summed E-state index contributed by atoms with van der Waals surface area (Å²) in [5.41, 5.74) is 2.10. The standard InChI is InChI=1S/C34H43FN4O2S/c1-2-3-23-38(30-15-7-8-16-30)24-12-11-22-37(25-28-14-13-21-36-34(28)35)26-29-27-39(33-20-10-9-19-32(29)33)42(40,41)31-17-5-4-6-18-31/h4-6,9-10,13-14,17-21,27,30H,2-3,7-8,11-12,15-16,22-26H2,1H3. The Morgan fingerprint density at radius 2 is 1.55 bits per heavy atom. The number of hydrogen-bond donors (Lipinski definition) is 0. The molecule has 8 heteroatoms. The molecule has 1 aliphatic carbocycles. The quantitative estimate of drug-likeness (QED) is 0.108. The predicted octanol–water partition coefficient (Wildman–Crippen LogP) is 7.24. The number of nitrogens with zero attached hydrogens (tertiary/aromatic N) is 4. The van der Waals surface area contributed by atoms with Gasteiger partial charge in [0, 0.05) is 42.5 Å². The van der Waals surface area contributed by atoms with Crippen LogP contribution in [0.25, 0.3) is 10.9 Å². The van der Waals surface area contributed by atoms with Crippen LogP contribution < -0.4 is 0 Å². The van der Waals surface area contributed by atoms with E-state index < -0.39 is 16.0 Å². The van der Waals surface area contributed by atoms with Gasteiger partial charge in [0.25, 0.3) is 10.0 Å². The fourth-order valence-corrected chi connectivity index (χ4v) is 7.65. The molecule has 0 atom stereocenters. The Hall–Kier alpha value is -3.07. The van der Waals surface area contributed by atoms with E-state index in [9.17, 15) is 12.8 Å². The molecule has 0 aliphatic heterocycles. The van der Waals surface area contributed by atoms with E-state index in [1.165, 1.54) is 55.2 Å². The largest absolute Gasteiger partial charge is 0.300 e. The van der Waals surface area contributed by atoms with Gasteiger partial charge in [-0.3, -0.25) is 4.90 Å². The maximum atomic E-state index is 14.6. The highest BCUT2D eigenvalue weighted by molar-refractivity contribution is 7.90. The van der Waals surface area contributed by atoms with Gasteiger partial charge < -0.3 is 4.90 Å². The normalized spacial score (nSPS) is 14.5. The van der Waals surface area contributed by atoms with E-state index in [-0.39, 0.29) is 4.90 Å². The third-order valence-electron chi connectivity index (χ3n) is 8.49. The lowest BCUT2D eigenvalue weighted by atomic mass is 10.1. The number of pyridine rings is 1. The molecule has 6 nitrogen and oxygen atoms in total. The highest BCUT2D eigenvalue weighted by atomic mass is 32.2. The van der Waals surface area contributed by atoms with Crippen LogP contribution in [-0.4, -0.2) is 52.9 Å². The third kappa shape index (κ3) is 7.28. The Balaban J connectivity index is 1.36.